The minimum atomic E-state index is -0.263. The van der Waals surface area contributed by atoms with Gasteiger partial charge in [-0.3, -0.25) is 4.79 Å². The van der Waals surface area contributed by atoms with E-state index < -0.39 is 0 Å². The van der Waals surface area contributed by atoms with Crippen LogP contribution in [0, 0.1) is 5.41 Å². The van der Waals surface area contributed by atoms with Crippen LogP contribution in [-0.2, 0) is 11.2 Å². The summed E-state index contributed by atoms with van der Waals surface area (Å²) in [6, 6.07) is 0.320. The first-order valence-corrected chi connectivity index (χ1v) is 10.2. The largest absolute Gasteiger partial charge is 0.393 e. The second-order valence-electron chi connectivity index (χ2n) is 8.26. The molecule has 0 radical (unpaired) electrons. The van der Waals surface area contributed by atoms with Gasteiger partial charge in [0.2, 0.25) is 11.9 Å². The normalized spacial score (nSPS) is 32.5. The number of rotatable bonds is 3. The third-order valence-corrected chi connectivity index (χ3v) is 6.61. The van der Waals surface area contributed by atoms with E-state index in [1.165, 1.54) is 0 Å². The smallest absolute Gasteiger partial charge is 0.230 e. The van der Waals surface area contributed by atoms with E-state index in [2.05, 4.69) is 26.7 Å². The second-order valence-corrected chi connectivity index (χ2v) is 8.26. The highest BCUT2D eigenvalue weighted by Gasteiger charge is 2.50. The zero-order valence-corrected chi connectivity index (χ0v) is 15.7. The van der Waals surface area contributed by atoms with Crippen molar-refractivity contribution in [1.82, 2.24) is 14.9 Å². The molecule has 142 valence electrons. The Hall–Kier alpha value is -1.69. The van der Waals surface area contributed by atoms with Crippen LogP contribution in [-0.4, -0.2) is 57.7 Å². The van der Waals surface area contributed by atoms with E-state index in [9.17, 15) is 9.90 Å². The van der Waals surface area contributed by atoms with Gasteiger partial charge in [-0.25, -0.2) is 9.97 Å². The predicted molar refractivity (Wildman–Crippen MR) is 99.9 cm³/mol. The Bertz CT molecular complexity index is 642. The molecule has 0 aromatic carbocycles. The van der Waals surface area contributed by atoms with Crippen molar-refractivity contribution in [1.29, 1.82) is 0 Å². The van der Waals surface area contributed by atoms with Gasteiger partial charge in [-0.2, -0.15) is 0 Å². The molecule has 6 nitrogen and oxygen atoms in total. The van der Waals surface area contributed by atoms with Crippen molar-refractivity contribution in [2.75, 3.05) is 24.5 Å². The van der Waals surface area contributed by atoms with Gasteiger partial charge in [0.05, 0.1) is 11.5 Å². The van der Waals surface area contributed by atoms with Crippen molar-refractivity contribution in [2.45, 2.75) is 70.4 Å². The fourth-order valence-corrected chi connectivity index (χ4v) is 4.94. The van der Waals surface area contributed by atoms with E-state index in [1.54, 1.807) is 0 Å². The van der Waals surface area contributed by atoms with Gasteiger partial charge < -0.3 is 14.9 Å². The number of aliphatic hydroxyl groups excluding tert-OH is 1. The number of likely N-dealkylation sites (tertiary alicyclic amines) is 1. The van der Waals surface area contributed by atoms with Crippen LogP contribution in [0.5, 0.6) is 0 Å². The maximum Gasteiger partial charge on any atom is 0.230 e. The van der Waals surface area contributed by atoms with Crippen LogP contribution in [0.4, 0.5) is 5.95 Å². The highest BCUT2D eigenvalue weighted by atomic mass is 16.3. The standard InChI is InChI=1S/C20H30N4O2/c1-2-15-12-21-19(22-13-15)23-10-3-8-20(14-23)9-11-24(18(20)26)16-4-6-17(25)7-5-16/h12-13,16-17,25H,2-11,14H2,1H3/t16-,17+,20?. The molecular formula is C20H30N4O2. The van der Waals surface area contributed by atoms with Crippen molar-refractivity contribution < 1.29 is 9.90 Å². The number of hydrogen-bond acceptors (Lipinski definition) is 5. The molecule has 3 heterocycles. The summed E-state index contributed by atoms with van der Waals surface area (Å²) in [6.07, 6.45) is 11.0. The van der Waals surface area contributed by atoms with Crippen molar-refractivity contribution in [3.63, 3.8) is 0 Å². The fourth-order valence-electron chi connectivity index (χ4n) is 4.94. The van der Waals surface area contributed by atoms with Crippen LogP contribution < -0.4 is 4.90 Å². The van der Waals surface area contributed by atoms with E-state index in [1.807, 2.05) is 12.4 Å². The Morgan fingerprint density at radius 1 is 1.15 bits per heavy atom. The third-order valence-electron chi connectivity index (χ3n) is 6.61. The van der Waals surface area contributed by atoms with E-state index in [0.717, 1.165) is 82.5 Å². The fraction of sp³-hybridized carbons (Fsp3) is 0.750. The van der Waals surface area contributed by atoms with E-state index in [0.29, 0.717) is 11.9 Å². The molecule has 1 amide bonds. The number of hydrogen-bond donors (Lipinski definition) is 1. The number of carbonyl (C=O) groups excluding carboxylic acids is 1. The zero-order valence-electron chi connectivity index (χ0n) is 15.7. The van der Waals surface area contributed by atoms with Crippen LogP contribution in [0.3, 0.4) is 0 Å². The first-order chi connectivity index (χ1) is 12.6. The van der Waals surface area contributed by atoms with E-state index in [-0.39, 0.29) is 11.5 Å². The lowest BCUT2D eigenvalue weighted by Crippen LogP contribution is -2.50. The van der Waals surface area contributed by atoms with E-state index in [4.69, 9.17) is 0 Å². The van der Waals surface area contributed by atoms with Crippen molar-refractivity contribution in [3.8, 4) is 0 Å². The number of carbonyl (C=O) groups is 1. The number of nitrogens with zero attached hydrogens (tertiary/aromatic N) is 4. The summed E-state index contributed by atoms with van der Waals surface area (Å²) in [4.78, 5) is 26.7. The molecule has 4 rings (SSSR count). The molecule has 1 aromatic heterocycles. The first kappa shape index (κ1) is 17.7. The zero-order chi connectivity index (χ0) is 18.1. The Morgan fingerprint density at radius 3 is 2.58 bits per heavy atom. The minimum Gasteiger partial charge on any atom is -0.393 e. The van der Waals surface area contributed by atoms with Gasteiger partial charge in [0.15, 0.2) is 0 Å². The number of amides is 1. The van der Waals surface area contributed by atoms with Gasteiger partial charge in [-0.1, -0.05) is 6.92 Å². The Kier molecular flexibility index (Phi) is 4.86. The molecule has 1 aromatic rings. The highest BCUT2D eigenvalue weighted by Crippen LogP contribution is 2.43. The van der Waals surface area contributed by atoms with Gasteiger partial charge in [-0.15, -0.1) is 0 Å². The molecule has 1 aliphatic carbocycles. The average molecular weight is 358 g/mol. The summed E-state index contributed by atoms with van der Waals surface area (Å²) < 4.78 is 0. The van der Waals surface area contributed by atoms with Gasteiger partial charge >= 0.3 is 0 Å². The van der Waals surface area contributed by atoms with Crippen molar-refractivity contribution in [3.05, 3.63) is 18.0 Å². The molecule has 1 spiro atoms. The summed E-state index contributed by atoms with van der Waals surface area (Å²) in [7, 11) is 0. The summed E-state index contributed by atoms with van der Waals surface area (Å²) in [5.41, 5.74) is 0.879. The SMILES string of the molecule is CCc1cnc(N2CCCC3(CCN([C@H]4CC[C@@H](O)CC4)C3=O)C2)nc1. The minimum absolute atomic E-state index is 0.175. The lowest BCUT2D eigenvalue weighted by molar-refractivity contribution is -0.139. The van der Waals surface area contributed by atoms with E-state index >= 15 is 0 Å². The highest BCUT2D eigenvalue weighted by molar-refractivity contribution is 5.86. The predicted octanol–water partition coefficient (Wildman–Crippen LogP) is 2.16. The van der Waals surface area contributed by atoms with Gasteiger partial charge in [0, 0.05) is 38.1 Å². The molecule has 6 heteroatoms. The topological polar surface area (TPSA) is 69.6 Å². The molecule has 0 bridgehead atoms. The molecule has 1 saturated carbocycles. The molecule has 2 saturated heterocycles. The third kappa shape index (κ3) is 3.20. The summed E-state index contributed by atoms with van der Waals surface area (Å²) >= 11 is 0. The molecule has 26 heavy (non-hydrogen) atoms. The summed E-state index contributed by atoms with van der Waals surface area (Å²) in [5, 5.41) is 9.75. The number of aromatic nitrogens is 2. The molecule has 2 aliphatic heterocycles. The van der Waals surface area contributed by atoms with Crippen LogP contribution in [0.15, 0.2) is 12.4 Å². The van der Waals surface area contributed by atoms with Crippen molar-refractivity contribution >= 4 is 11.9 Å². The average Bonchev–Trinajstić information content (AvgIpc) is 2.98. The number of anilines is 1. The molecule has 3 aliphatic rings. The Balaban J connectivity index is 1.46. The van der Waals surface area contributed by atoms with Gasteiger partial charge in [-0.05, 0) is 56.9 Å². The molecule has 1 unspecified atom stereocenters. The lowest BCUT2D eigenvalue weighted by Gasteiger charge is -2.40. The number of piperidine rings is 1. The monoisotopic (exact) mass is 358 g/mol. The molecule has 1 atom stereocenters. The van der Waals surface area contributed by atoms with Crippen LogP contribution in [0.25, 0.3) is 0 Å². The van der Waals surface area contributed by atoms with Gasteiger partial charge in [0.25, 0.3) is 0 Å². The quantitative estimate of drug-likeness (QED) is 0.897. The van der Waals surface area contributed by atoms with Crippen LogP contribution in [0.2, 0.25) is 0 Å². The maximum atomic E-state index is 13.3. The second kappa shape index (κ2) is 7.14. The Labute approximate surface area is 155 Å². The Morgan fingerprint density at radius 2 is 1.88 bits per heavy atom. The van der Waals surface area contributed by atoms with Gasteiger partial charge in [0.1, 0.15) is 0 Å². The van der Waals surface area contributed by atoms with Crippen LogP contribution >= 0.6 is 0 Å². The lowest BCUT2D eigenvalue weighted by atomic mass is 9.78. The summed E-state index contributed by atoms with van der Waals surface area (Å²) in [5.74, 6) is 1.09. The summed E-state index contributed by atoms with van der Waals surface area (Å²) in [6.45, 7) is 4.63. The molecule has 1 N–H and O–H groups in total. The maximum absolute atomic E-state index is 13.3. The van der Waals surface area contributed by atoms with Crippen molar-refractivity contribution in [2.24, 2.45) is 5.41 Å². The molecular weight excluding hydrogens is 328 g/mol. The first-order valence-electron chi connectivity index (χ1n) is 10.2. The van der Waals surface area contributed by atoms with Crippen LogP contribution in [0.1, 0.15) is 57.4 Å². The number of aryl methyl sites for hydroxylation is 1. The molecule has 3 fully saturated rings. The number of aliphatic hydroxyl groups is 1.